The van der Waals surface area contributed by atoms with Gasteiger partial charge in [-0.15, -0.1) is 11.3 Å². The second-order valence-corrected chi connectivity index (χ2v) is 5.73. The highest BCUT2D eigenvalue weighted by Gasteiger charge is 2.14. The van der Waals surface area contributed by atoms with Gasteiger partial charge < -0.3 is 10.2 Å². The Morgan fingerprint density at radius 3 is 3.11 bits per heavy atom. The first kappa shape index (κ1) is 14.4. The molecule has 0 bridgehead atoms. The molecule has 1 N–H and O–H groups in total. The van der Waals surface area contributed by atoms with Crippen LogP contribution < -0.4 is 5.32 Å². The lowest BCUT2D eigenvalue weighted by Crippen LogP contribution is -2.39. The summed E-state index contributed by atoms with van der Waals surface area (Å²) >= 11 is 1.59. The summed E-state index contributed by atoms with van der Waals surface area (Å²) in [6.07, 6.45) is 1.96. The van der Waals surface area contributed by atoms with Crippen molar-refractivity contribution in [3.63, 3.8) is 0 Å². The first-order valence-corrected chi connectivity index (χ1v) is 7.73. The molecule has 0 saturated carbocycles. The third kappa shape index (κ3) is 5.26. The van der Waals surface area contributed by atoms with Crippen molar-refractivity contribution in [2.24, 2.45) is 0 Å². The molecule has 2 rings (SSSR count). The van der Waals surface area contributed by atoms with Crippen molar-refractivity contribution in [1.29, 1.82) is 0 Å². The number of thiazole rings is 1. The number of hydrogen-bond acceptors (Lipinski definition) is 5. The topological polar surface area (TPSA) is 48.5 Å². The maximum atomic E-state index is 11.8. The molecule has 2 heterocycles. The third-order valence-electron chi connectivity index (χ3n) is 3.37. The number of carbonyl (C=O) groups excluding carboxylic acids is 1. The van der Waals surface area contributed by atoms with Crippen molar-refractivity contribution in [3.8, 4) is 0 Å². The van der Waals surface area contributed by atoms with E-state index in [2.05, 4.69) is 27.1 Å². The van der Waals surface area contributed by atoms with Crippen LogP contribution in [0.5, 0.6) is 0 Å². The van der Waals surface area contributed by atoms with Gasteiger partial charge in [-0.05, 0) is 26.6 Å². The van der Waals surface area contributed by atoms with Crippen LogP contribution in [0.3, 0.4) is 0 Å². The summed E-state index contributed by atoms with van der Waals surface area (Å²) in [6, 6.07) is 0. The number of likely N-dealkylation sites (N-methyl/N-ethyl adjacent to an activating group) is 1. The molecule has 6 heteroatoms. The van der Waals surface area contributed by atoms with Crippen LogP contribution in [0.4, 0.5) is 0 Å². The second-order valence-electron chi connectivity index (χ2n) is 5.01. The molecular weight excluding hydrogens is 260 g/mol. The van der Waals surface area contributed by atoms with E-state index in [4.69, 9.17) is 0 Å². The number of carbonyl (C=O) groups is 1. The first-order chi connectivity index (χ1) is 9.24. The van der Waals surface area contributed by atoms with E-state index in [0.29, 0.717) is 13.1 Å². The van der Waals surface area contributed by atoms with E-state index < -0.39 is 0 Å². The Labute approximate surface area is 118 Å². The van der Waals surface area contributed by atoms with E-state index in [1.807, 2.05) is 10.9 Å². The minimum atomic E-state index is 0.125. The Morgan fingerprint density at radius 1 is 1.42 bits per heavy atom. The van der Waals surface area contributed by atoms with Crippen LogP contribution in [0.15, 0.2) is 10.9 Å². The number of amides is 1. The zero-order chi connectivity index (χ0) is 13.5. The van der Waals surface area contributed by atoms with Gasteiger partial charge in [0, 0.05) is 31.4 Å². The third-order valence-corrected chi connectivity index (χ3v) is 4.00. The van der Waals surface area contributed by atoms with Gasteiger partial charge in [-0.25, -0.2) is 4.98 Å². The Balaban J connectivity index is 1.63. The molecule has 0 spiro atoms. The molecule has 1 saturated heterocycles. The summed E-state index contributed by atoms with van der Waals surface area (Å²) in [5.41, 5.74) is 2.88. The van der Waals surface area contributed by atoms with E-state index >= 15 is 0 Å². The molecule has 1 aromatic rings. The largest absolute Gasteiger partial charge is 0.355 e. The number of aromatic nitrogens is 1. The maximum absolute atomic E-state index is 11.8. The van der Waals surface area contributed by atoms with Crippen molar-refractivity contribution in [3.05, 3.63) is 16.6 Å². The van der Waals surface area contributed by atoms with Gasteiger partial charge in [-0.3, -0.25) is 9.69 Å². The predicted octanol–water partition coefficient (Wildman–Crippen LogP) is 0.439. The van der Waals surface area contributed by atoms with Crippen LogP contribution in [-0.2, 0) is 11.2 Å². The zero-order valence-corrected chi connectivity index (χ0v) is 12.3. The lowest BCUT2D eigenvalue weighted by molar-refractivity contribution is -0.122. The number of nitrogens with zero attached hydrogens (tertiary/aromatic N) is 3. The molecule has 0 radical (unpaired) electrons. The van der Waals surface area contributed by atoms with E-state index in [1.54, 1.807) is 11.3 Å². The highest BCUT2D eigenvalue weighted by atomic mass is 32.1. The van der Waals surface area contributed by atoms with E-state index in [9.17, 15) is 4.79 Å². The number of hydrogen-bond donors (Lipinski definition) is 1. The quantitative estimate of drug-likeness (QED) is 0.851. The minimum Gasteiger partial charge on any atom is -0.355 e. The summed E-state index contributed by atoms with van der Waals surface area (Å²) in [5, 5.41) is 4.99. The minimum absolute atomic E-state index is 0.125. The van der Waals surface area contributed by atoms with Crippen molar-refractivity contribution in [2.45, 2.75) is 12.8 Å². The molecule has 1 aliphatic rings. The van der Waals surface area contributed by atoms with E-state index in [-0.39, 0.29) is 5.91 Å². The van der Waals surface area contributed by atoms with Gasteiger partial charge in [-0.2, -0.15) is 0 Å². The van der Waals surface area contributed by atoms with Crippen LogP contribution in [0.25, 0.3) is 0 Å². The number of rotatable bonds is 5. The van der Waals surface area contributed by atoms with Gasteiger partial charge in [0.25, 0.3) is 0 Å². The van der Waals surface area contributed by atoms with Crippen molar-refractivity contribution >= 4 is 17.2 Å². The Bertz CT molecular complexity index is 382. The summed E-state index contributed by atoms with van der Waals surface area (Å²) < 4.78 is 0. The van der Waals surface area contributed by atoms with Crippen LogP contribution in [0, 0.1) is 0 Å². The molecule has 19 heavy (non-hydrogen) atoms. The van der Waals surface area contributed by atoms with Crippen LogP contribution >= 0.6 is 11.3 Å². The van der Waals surface area contributed by atoms with Crippen LogP contribution in [0.2, 0.25) is 0 Å². The number of nitrogens with one attached hydrogen (secondary N) is 1. The molecule has 0 unspecified atom stereocenters. The van der Waals surface area contributed by atoms with Crippen molar-refractivity contribution in [2.75, 3.05) is 46.3 Å². The fourth-order valence-electron chi connectivity index (χ4n) is 2.21. The molecule has 1 aromatic heterocycles. The molecule has 0 aliphatic carbocycles. The Morgan fingerprint density at radius 2 is 2.32 bits per heavy atom. The molecule has 1 fully saturated rings. The van der Waals surface area contributed by atoms with Gasteiger partial charge in [0.15, 0.2) is 0 Å². The first-order valence-electron chi connectivity index (χ1n) is 6.79. The van der Waals surface area contributed by atoms with Gasteiger partial charge >= 0.3 is 0 Å². The summed E-state index contributed by atoms with van der Waals surface area (Å²) in [4.78, 5) is 20.6. The molecular formula is C13H22N4OS. The zero-order valence-electron chi connectivity index (χ0n) is 11.5. The van der Waals surface area contributed by atoms with Gasteiger partial charge in [0.2, 0.25) is 5.91 Å². The summed E-state index contributed by atoms with van der Waals surface area (Å²) in [5.74, 6) is 0.125. The highest BCUT2D eigenvalue weighted by Crippen LogP contribution is 2.01. The summed E-state index contributed by atoms with van der Waals surface area (Å²) in [7, 11) is 2.14. The molecule has 1 amide bonds. The van der Waals surface area contributed by atoms with Crippen LogP contribution in [-0.4, -0.2) is 67.0 Å². The average Bonchev–Trinajstić information content (AvgIpc) is 2.81. The molecule has 0 atom stereocenters. The monoisotopic (exact) mass is 282 g/mol. The van der Waals surface area contributed by atoms with E-state index in [0.717, 1.165) is 44.7 Å². The maximum Gasteiger partial charge on any atom is 0.234 e. The second kappa shape index (κ2) is 7.57. The molecule has 5 nitrogen and oxygen atoms in total. The molecule has 0 aromatic carbocycles. The van der Waals surface area contributed by atoms with E-state index in [1.165, 1.54) is 0 Å². The van der Waals surface area contributed by atoms with Crippen molar-refractivity contribution in [1.82, 2.24) is 20.1 Å². The lowest BCUT2D eigenvalue weighted by atomic mass is 10.3. The average molecular weight is 282 g/mol. The lowest BCUT2D eigenvalue weighted by Gasteiger charge is -2.19. The van der Waals surface area contributed by atoms with Gasteiger partial charge in [-0.1, -0.05) is 0 Å². The fourth-order valence-corrected chi connectivity index (χ4v) is 2.80. The Kier molecular flexibility index (Phi) is 5.75. The van der Waals surface area contributed by atoms with Crippen LogP contribution in [0.1, 0.15) is 12.1 Å². The fraction of sp³-hybridized carbons (Fsp3) is 0.692. The van der Waals surface area contributed by atoms with Crippen molar-refractivity contribution < 1.29 is 4.79 Å². The Hall–Kier alpha value is -0.980. The molecule has 1 aliphatic heterocycles. The normalized spacial score (nSPS) is 18.2. The smallest absolute Gasteiger partial charge is 0.234 e. The predicted molar refractivity (Wildman–Crippen MR) is 77.4 cm³/mol. The molecule has 106 valence electrons. The standard InChI is InChI=1S/C13H22N4OS/c1-16-5-2-6-17(8-7-16)9-13(18)14-4-3-12-10-19-11-15-12/h10-11H,2-9H2,1H3,(H,14,18). The van der Waals surface area contributed by atoms with Gasteiger partial charge in [0.1, 0.15) is 0 Å². The highest BCUT2D eigenvalue weighted by molar-refractivity contribution is 7.07. The summed E-state index contributed by atoms with van der Waals surface area (Å²) in [6.45, 7) is 5.37. The SMILES string of the molecule is CN1CCCN(CC(=O)NCCc2cscn2)CC1. The van der Waals surface area contributed by atoms with Gasteiger partial charge in [0.05, 0.1) is 17.7 Å².